The van der Waals surface area contributed by atoms with Crippen molar-refractivity contribution in [2.45, 2.75) is 13.3 Å². The van der Waals surface area contributed by atoms with E-state index in [9.17, 15) is 14.4 Å². The molecule has 0 saturated heterocycles. The van der Waals surface area contributed by atoms with E-state index in [0.717, 1.165) is 0 Å². The summed E-state index contributed by atoms with van der Waals surface area (Å²) in [6, 6.07) is 11.5. The van der Waals surface area contributed by atoms with Crippen LogP contribution in [0.3, 0.4) is 0 Å². The van der Waals surface area contributed by atoms with E-state index in [1.807, 2.05) is 0 Å². The van der Waals surface area contributed by atoms with Crippen LogP contribution in [-0.4, -0.2) is 36.6 Å². The van der Waals surface area contributed by atoms with Crippen LogP contribution in [0, 0.1) is 6.92 Å². The van der Waals surface area contributed by atoms with Crippen LogP contribution in [0.4, 0.5) is 0 Å². The molecule has 0 unspecified atom stereocenters. The molecule has 7 nitrogen and oxygen atoms in total. The third-order valence-electron chi connectivity index (χ3n) is 4.38. The van der Waals surface area contributed by atoms with Gasteiger partial charge in [-0.1, -0.05) is 11.6 Å². The fraction of sp³-hybridized carbons (Fsp3) is 0.190. The molecule has 0 aliphatic heterocycles. The van der Waals surface area contributed by atoms with Gasteiger partial charge in [0.25, 0.3) is 5.91 Å². The average Bonchev–Trinajstić information content (AvgIpc) is 2.98. The Morgan fingerprint density at radius 1 is 1.00 bits per heavy atom. The summed E-state index contributed by atoms with van der Waals surface area (Å²) >= 11 is 5.91. The largest absolute Gasteiger partial charge is 0.497 e. The van der Waals surface area contributed by atoms with Gasteiger partial charge in [0.05, 0.1) is 25.4 Å². The second kappa shape index (κ2) is 8.36. The lowest BCUT2D eigenvalue weighted by Gasteiger charge is -2.08. The highest BCUT2D eigenvalue weighted by Crippen LogP contribution is 2.36. The Morgan fingerprint density at radius 3 is 2.31 bits per heavy atom. The van der Waals surface area contributed by atoms with Gasteiger partial charge in [0.1, 0.15) is 12.2 Å². The fourth-order valence-corrected chi connectivity index (χ4v) is 3.07. The molecule has 0 radical (unpaired) electrons. The molecule has 0 bridgehead atoms. The molecule has 0 aliphatic carbocycles. The monoisotopic (exact) mass is 415 g/mol. The number of aromatic nitrogens is 1. The van der Waals surface area contributed by atoms with E-state index in [2.05, 4.69) is 4.74 Å². The van der Waals surface area contributed by atoms with Gasteiger partial charge in [-0.2, -0.15) is 0 Å². The third-order valence-corrected chi connectivity index (χ3v) is 4.63. The number of carbonyl (C=O) groups is 3. The van der Waals surface area contributed by atoms with Gasteiger partial charge in [-0.15, -0.1) is 0 Å². The quantitative estimate of drug-likeness (QED) is 0.466. The number of methoxy groups -OCH3 is 2. The van der Waals surface area contributed by atoms with E-state index in [4.69, 9.17) is 21.1 Å². The number of nitrogens with zero attached hydrogens (tertiary/aromatic N) is 1. The van der Waals surface area contributed by atoms with E-state index < -0.39 is 18.4 Å². The van der Waals surface area contributed by atoms with Gasteiger partial charge < -0.3 is 14.2 Å². The average molecular weight is 416 g/mol. The Bertz CT molecular complexity index is 1100. The van der Waals surface area contributed by atoms with Gasteiger partial charge in [0.2, 0.25) is 0 Å². The van der Waals surface area contributed by atoms with Gasteiger partial charge in [-0.25, -0.2) is 0 Å². The first-order chi connectivity index (χ1) is 13.8. The van der Waals surface area contributed by atoms with Crippen molar-refractivity contribution >= 4 is 40.3 Å². The first-order valence-corrected chi connectivity index (χ1v) is 9.00. The molecule has 3 aromatic rings. The molecular formula is C21H18ClNO6. The Balaban J connectivity index is 2.12. The maximum atomic E-state index is 13.1. The number of ether oxygens (including phenoxy) is 3. The predicted octanol–water partition coefficient (Wildman–Crippen LogP) is 3.77. The van der Waals surface area contributed by atoms with E-state index in [0.29, 0.717) is 32.9 Å². The maximum absolute atomic E-state index is 13.1. The zero-order valence-electron chi connectivity index (χ0n) is 16.0. The molecule has 2 aromatic carbocycles. The number of esters is 2. The van der Waals surface area contributed by atoms with E-state index >= 15 is 0 Å². The number of hydrogen-bond acceptors (Lipinski definition) is 6. The van der Waals surface area contributed by atoms with Gasteiger partial charge in [-0.05, 0) is 49.4 Å². The molecule has 3 rings (SSSR count). The first kappa shape index (κ1) is 20.4. The summed E-state index contributed by atoms with van der Waals surface area (Å²) in [5.74, 6) is -1.12. The van der Waals surface area contributed by atoms with Crippen molar-refractivity contribution < 1.29 is 28.6 Å². The minimum atomic E-state index is -0.791. The molecule has 0 aliphatic rings. The number of fused-ring (bicyclic) bond motifs is 1. The number of hydrogen-bond donors (Lipinski definition) is 0. The molecule has 8 heteroatoms. The molecular weight excluding hydrogens is 398 g/mol. The Hall–Kier alpha value is -3.32. The molecule has 0 atom stereocenters. The molecule has 29 heavy (non-hydrogen) atoms. The predicted molar refractivity (Wildman–Crippen MR) is 107 cm³/mol. The second-order valence-electron chi connectivity index (χ2n) is 6.17. The number of carbonyl (C=O) groups excluding carboxylic acids is 3. The zero-order chi connectivity index (χ0) is 21.1. The van der Waals surface area contributed by atoms with E-state index in [-0.39, 0.29) is 11.7 Å². The van der Waals surface area contributed by atoms with Crippen molar-refractivity contribution in [3.8, 4) is 11.5 Å². The van der Waals surface area contributed by atoms with E-state index in [1.165, 1.54) is 18.8 Å². The molecule has 0 amide bonds. The summed E-state index contributed by atoms with van der Waals surface area (Å²) in [5.41, 5.74) is 1.35. The molecule has 1 aromatic heterocycles. The lowest BCUT2D eigenvalue weighted by molar-refractivity contribution is -0.148. The van der Waals surface area contributed by atoms with Crippen LogP contribution in [-0.2, 0) is 14.3 Å². The minimum Gasteiger partial charge on any atom is -0.497 e. The van der Waals surface area contributed by atoms with Gasteiger partial charge >= 0.3 is 11.9 Å². The number of halogens is 1. The van der Waals surface area contributed by atoms with Crippen molar-refractivity contribution in [2.75, 3.05) is 14.2 Å². The van der Waals surface area contributed by atoms with Crippen LogP contribution in [0.1, 0.15) is 22.5 Å². The molecule has 0 N–H and O–H groups in total. The standard InChI is InChI=1S/C21H18ClNO6/c1-12-20(29-19(25)11-18(24)28-3)16-10-15(27-2)8-9-17(16)23(12)21(26)13-4-6-14(22)7-5-13/h4-10H,11H2,1-3H3. The van der Waals surface area contributed by atoms with Crippen molar-refractivity contribution in [3.05, 3.63) is 58.7 Å². The highest BCUT2D eigenvalue weighted by molar-refractivity contribution is 6.30. The first-order valence-electron chi connectivity index (χ1n) is 8.62. The summed E-state index contributed by atoms with van der Waals surface area (Å²) in [6.45, 7) is 1.65. The highest BCUT2D eigenvalue weighted by atomic mass is 35.5. The smallest absolute Gasteiger partial charge is 0.322 e. The van der Waals surface area contributed by atoms with Gasteiger partial charge in [0, 0.05) is 16.0 Å². The lowest BCUT2D eigenvalue weighted by Crippen LogP contribution is -2.16. The SMILES string of the molecule is COC(=O)CC(=O)Oc1c(C)n(C(=O)c2ccc(Cl)cc2)c2ccc(OC)cc12. The second-order valence-corrected chi connectivity index (χ2v) is 6.61. The topological polar surface area (TPSA) is 83.8 Å². The van der Waals surface area contributed by atoms with Crippen LogP contribution in [0.25, 0.3) is 10.9 Å². The molecule has 150 valence electrons. The summed E-state index contributed by atoms with van der Waals surface area (Å²) in [7, 11) is 2.69. The van der Waals surface area contributed by atoms with Crippen molar-refractivity contribution in [3.63, 3.8) is 0 Å². The van der Waals surface area contributed by atoms with Gasteiger partial charge in [0.15, 0.2) is 5.75 Å². The van der Waals surface area contributed by atoms with Crippen molar-refractivity contribution in [1.29, 1.82) is 0 Å². The summed E-state index contributed by atoms with van der Waals surface area (Å²) in [5, 5.41) is 1.01. The van der Waals surface area contributed by atoms with Crippen molar-refractivity contribution in [2.24, 2.45) is 0 Å². The molecule has 0 fully saturated rings. The Labute approximate surface area is 171 Å². The van der Waals surface area contributed by atoms with Crippen LogP contribution in [0.15, 0.2) is 42.5 Å². The normalized spacial score (nSPS) is 10.6. The van der Waals surface area contributed by atoms with Gasteiger partial charge in [-0.3, -0.25) is 19.0 Å². The Morgan fingerprint density at radius 2 is 1.69 bits per heavy atom. The Kier molecular flexibility index (Phi) is 5.89. The lowest BCUT2D eigenvalue weighted by atomic mass is 10.2. The van der Waals surface area contributed by atoms with E-state index in [1.54, 1.807) is 49.4 Å². The number of benzene rings is 2. The zero-order valence-corrected chi connectivity index (χ0v) is 16.8. The summed E-state index contributed by atoms with van der Waals surface area (Å²) in [4.78, 5) is 36.7. The number of rotatable bonds is 5. The fourth-order valence-electron chi connectivity index (χ4n) is 2.95. The molecule has 1 heterocycles. The molecule has 0 saturated carbocycles. The minimum absolute atomic E-state index is 0.176. The summed E-state index contributed by atoms with van der Waals surface area (Å²) < 4.78 is 16.6. The summed E-state index contributed by atoms with van der Waals surface area (Å²) in [6.07, 6.45) is -0.544. The maximum Gasteiger partial charge on any atom is 0.322 e. The van der Waals surface area contributed by atoms with Crippen LogP contribution >= 0.6 is 11.6 Å². The highest BCUT2D eigenvalue weighted by Gasteiger charge is 2.24. The third kappa shape index (κ3) is 4.09. The van der Waals surface area contributed by atoms with Crippen LogP contribution in [0.5, 0.6) is 11.5 Å². The molecule has 0 spiro atoms. The van der Waals surface area contributed by atoms with Crippen LogP contribution < -0.4 is 9.47 Å². The van der Waals surface area contributed by atoms with Crippen molar-refractivity contribution in [1.82, 2.24) is 4.57 Å². The van der Waals surface area contributed by atoms with Crippen LogP contribution in [0.2, 0.25) is 5.02 Å².